The van der Waals surface area contributed by atoms with Crippen LogP contribution >= 0.6 is 0 Å². The molecule has 1 aliphatic heterocycles. The Morgan fingerprint density at radius 2 is 2.23 bits per heavy atom. The first-order valence-corrected chi connectivity index (χ1v) is 8.00. The standard InChI is InChI=1S/C17H23FN2O2/c1-12-2-3-13(8-16(12)18)9-19-17(21)20(15-4-5-15)10-14-6-7-22-11-14/h2-3,8,14-15H,4-7,9-11H2,1H3,(H,19,21). The highest BCUT2D eigenvalue weighted by atomic mass is 19.1. The van der Waals surface area contributed by atoms with E-state index in [-0.39, 0.29) is 11.8 Å². The minimum atomic E-state index is -0.228. The number of hydrogen-bond acceptors (Lipinski definition) is 2. The molecule has 1 aliphatic carbocycles. The third-order valence-electron chi connectivity index (χ3n) is 4.41. The Balaban J connectivity index is 1.55. The van der Waals surface area contributed by atoms with Gasteiger partial charge in [-0.3, -0.25) is 0 Å². The van der Waals surface area contributed by atoms with Crippen LogP contribution in [0.4, 0.5) is 9.18 Å². The summed E-state index contributed by atoms with van der Waals surface area (Å²) in [5, 5.41) is 2.92. The van der Waals surface area contributed by atoms with Crippen molar-refractivity contribution in [2.24, 2.45) is 5.92 Å². The fourth-order valence-corrected chi connectivity index (χ4v) is 2.82. The number of rotatable bonds is 5. The van der Waals surface area contributed by atoms with Crippen molar-refractivity contribution in [2.45, 2.75) is 38.8 Å². The molecule has 2 amide bonds. The summed E-state index contributed by atoms with van der Waals surface area (Å²) in [6, 6.07) is 5.41. The summed E-state index contributed by atoms with van der Waals surface area (Å²) in [6.45, 7) is 4.41. The molecule has 1 aromatic rings. The molecule has 3 rings (SSSR count). The van der Waals surface area contributed by atoms with E-state index in [1.165, 1.54) is 6.07 Å². The molecule has 5 heteroatoms. The van der Waals surface area contributed by atoms with Gasteiger partial charge in [-0.25, -0.2) is 9.18 Å². The van der Waals surface area contributed by atoms with Crippen LogP contribution in [0.3, 0.4) is 0 Å². The average molecular weight is 306 g/mol. The fourth-order valence-electron chi connectivity index (χ4n) is 2.82. The van der Waals surface area contributed by atoms with Gasteiger partial charge < -0.3 is 15.0 Å². The number of aryl methyl sites for hydroxylation is 1. The normalized spacial score (nSPS) is 20.9. The molecule has 120 valence electrons. The molecule has 0 bridgehead atoms. The average Bonchev–Trinajstić information content (AvgIpc) is 3.22. The van der Waals surface area contributed by atoms with Crippen LogP contribution in [0.2, 0.25) is 0 Å². The van der Waals surface area contributed by atoms with Crippen LogP contribution in [0.5, 0.6) is 0 Å². The Morgan fingerprint density at radius 1 is 1.41 bits per heavy atom. The maximum atomic E-state index is 13.5. The highest BCUT2D eigenvalue weighted by molar-refractivity contribution is 5.75. The SMILES string of the molecule is Cc1ccc(CNC(=O)N(CC2CCOC2)C2CC2)cc1F. The Hall–Kier alpha value is -1.62. The molecule has 1 heterocycles. The number of carbonyl (C=O) groups is 1. The van der Waals surface area contributed by atoms with E-state index in [9.17, 15) is 9.18 Å². The number of benzene rings is 1. The van der Waals surface area contributed by atoms with Gasteiger partial charge in [-0.15, -0.1) is 0 Å². The van der Waals surface area contributed by atoms with Crippen LogP contribution in [0.1, 0.15) is 30.4 Å². The third kappa shape index (κ3) is 3.77. The number of nitrogens with zero attached hydrogens (tertiary/aromatic N) is 1. The Bertz CT molecular complexity index is 539. The number of amides is 2. The third-order valence-corrected chi connectivity index (χ3v) is 4.41. The van der Waals surface area contributed by atoms with Crippen LogP contribution in [0.15, 0.2) is 18.2 Å². The Labute approximate surface area is 130 Å². The van der Waals surface area contributed by atoms with Crippen molar-refractivity contribution in [1.82, 2.24) is 10.2 Å². The fraction of sp³-hybridized carbons (Fsp3) is 0.588. The van der Waals surface area contributed by atoms with Crippen molar-refractivity contribution in [3.05, 3.63) is 35.1 Å². The van der Waals surface area contributed by atoms with Gasteiger partial charge in [0.1, 0.15) is 5.82 Å². The smallest absolute Gasteiger partial charge is 0.317 e. The predicted molar refractivity (Wildman–Crippen MR) is 82.0 cm³/mol. The van der Waals surface area contributed by atoms with Gasteiger partial charge >= 0.3 is 6.03 Å². The lowest BCUT2D eigenvalue weighted by molar-refractivity contribution is 0.162. The van der Waals surface area contributed by atoms with Crippen LogP contribution < -0.4 is 5.32 Å². The van der Waals surface area contributed by atoms with Crippen LogP contribution in [0, 0.1) is 18.7 Å². The lowest BCUT2D eigenvalue weighted by Gasteiger charge is -2.25. The van der Waals surface area contributed by atoms with E-state index in [1.807, 2.05) is 11.0 Å². The lowest BCUT2D eigenvalue weighted by Crippen LogP contribution is -2.43. The van der Waals surface area contributed by atoms with Crippen molar-refractivity contribution in [1.29, 1.82) is 0 Å². The molecule has 4 nitrogen and oxygen atoms in total. The molecule has 0 aromatic heterocycles. The summed E-state index contributed by atoms with van der Waals surface area (Å²) in [5.41, 5.74) is 1.41. The topological polar surface area (TPSA) is 41.6 Å². The van der Waals surface area contributed by atoms with Gasteiger partial charge in [-0.05, 0) is 43.4 Å². The van der Waals surface area contributed by atoms with E-state index >= 15 is 0 Å². The minimum absolute atomic E-state index is 0.0459. The van der Waals surface area contributed by atoms with E-state index in [0.29, 0.717) is 24.1 Å². The summed E-state index contributed by atoms with van der Waals surface area (Å²) in [4.78, 5) is 14.4. The molecule has 0 radical (unpaired) electrons. The molecule has 22 heavy (non-hydrogen) atoms. The van der Waals surface area contributed by atoms with Gasteiger partial charge in [-0.2, -0.15) is 0 Å². The van der Waals surface area contributed by atoms with Crippen molar-refractivity contribution in [2.75, 3.05) is 19.8 Å². The van der Waals surface area contributed by atoms with Gasteiger partial charge in [0.05, 0.1) is 6.61 Å². The minimum Gasteiger partial charge on any atom is -0.381 e. The molecule has 1 unspecified atom stereocenters. The van der Waals surface area contributed by atoms with Gasteiger partial charge in [0.15, 0.2) is 0 Å². The van der Waals surface area contributed by atoms with Crippen molar-refractivity contribution in [3.63, 3.8) is 0 Å². The quantitative estimate of drug-likeness (QED) is 0.909. The maximum Gasteiger partial charge on any atom is 0.317 e. The van der Waals surface area contributed by atoms with Crippen LogP contribution in [-0.2, 0) is 11.3 Å². The molecule has 2 aliphatic rings. The maximum absolute atomic E-state index is 13.5. The number of halogens is 1. The van der Waals surface area contributed by atoms with E-state index in [2.05, 4.69) is 5.32 Å². The molecule has 1 atom stereocenters. The second kappa shape index (κ2) is 6.65. The van der Waals surface area contributed by atoms with E-state index in [4.69, 9.17) is 4.74 Å². The molecule has 1 saturated carbocycles. The first-order chi connectivity index (χ1) is 10.6. The summed E-state index contributed by atoms with van der Waals surface area (Å²) in [7, 11) is 0. The number of ether oxygens (including phenoxy) is 1. The molecule has 1 aromatic carbocycles. The first-order valence-electron chi connectivity index (χ1n) is 8.00. The van der Waals surface area contributed by atoms with Gasteiger partial charge in [-0.1, -0.05) is 12.1 Å². The van der Waals surface area contributed by atoms with Crippen molar-refractivity contribution >= 4 is 6.03 Å². The van der Waals surface area contributed by atoms with Crippen LogP contribution in [-0.4, -0.2) is 36.7 Å². The molecule has 2 fully saturated rings. The largest absolute Gasteiger partial charge is 0.381 e. The molecule has 0 spiro atoms. The van der Waals surface area contributed by atoms with E-state index in [0.717, 1.165) is 44.6 Å². The summed E-state index contributed by atoms with van der Waals surface area (Å²) < 4.78 is 18.9. The van der Waals surface area contributed by atoms with Crippen molar-refractivity contribution in [3.8, 4) is 0 Å². The van der Waals surface area contributed by atoms with Gasteiger partial charge in [0.2, 0.25) is 0 Å². The second-order valence-electron chi connectivity index (χ2n) is 6.36. The highest BCUT2D eigenvalue weighted by Crippen LogP contribution is 2.29. The molecular formula is C17H23FN2O2. The molecule has 1 saturated heterocycles. The zero-order valence-corrected chi connectivity index (χ0v) is 13.0. The zero-order chi connectivity index (χ0) is 15.5. The monoisotopic (exact) mass is 306 g/mol. The predicted octanol–water partition coefficient (Wildman–Crippen LogP) is 2.84. The highest BCUT2D eigenvalue weighted by Gasteiger charge is 2.34. The van der Waals surface area contributed by atoms with Gasteiger partial charge in [0, 0.05) is 31.7 Å². The van der Waals surface area contributed by atoms with E-state index < -0.39 is 0 Å². The van der Waals surface area contributed by atoms with Crippen molar-refractivity contribution < 1.29 is 13.9 Å². The van der Waals surface area contributed by atoms with Crippen LogP contribution in [0.25, 0.3) is 0 Å². The summed E-state index contributed by atoms with van der Waals surface area (Å²) in [6.07, 6.45) is 3.19. The Kier molecular flexibility index (Phi) is 4.62. The van der Waals surface area contributed by atoms with E-state index in [1.54, 1.807) is 13.0 Å². The number of nitrogens with one attached hydrogen (secondary N) is 1. The summed E-state index contributed by atoms with van der Waals surface area (Å²) >= 11 is 0. The number of urea groups is 1. The number of carbonyl (C=O) groups excluding carboxylic acids is 1. The molecular weight excluding hydrogens is 283 g/mol. The lowest BCUT2D eigenvalue weighted by atomic mass is 10.1. The Morgan fingerprint density at radius 3 is 2.86 bits per heavy atom. The van der Waals surface area contributed by atoms with Gasteiger partial charge in [0.25, 0.3) is 0 Å². The zero-order valence-electron chi connectivity index (χ0n) is 13.0. The summed E-state index contributed by atoms with van der Waals surface area (Å²) in [5.74, 6) is 0.220. The first kappa shape index (κ1) is 15.3. The molecule has 1 N–H and O–H groups in total. The number of hydrogen-bond donors (Lipinski definition) is 1. The second-order valence-corrected chi connectivity index (χ2v) is 6.36.